The lowest BCUT2D eigenvalue weighted by molar-refractivity contribution is 0.580. The first-order valence-electron chi connectivity index (χ1n) is 5.82. The highest BCUT2D eigenvalue weighted by atomic mass is 32.2. The van der Waals surface area contributed by atoms with Gasteiger partial charge in [-0.3, -0.25) is 0 Å². The lowest BCUT2D eigenvalue weighted by Gasteiger charge is -2.15. The Labute approximate surface area is 109 Å². The lowest BCUT2D eigenvalue weighted by atomic mass is 10.1. The summed E-state index contributed by atoms with van der Waals surface area (Å²) in [6.45, 7) is 0. The Morgan fingerprint density at radius 3 is 2.50 bits per heavy atom. The number of rotatable bonds is 3. The number of hydrogen-bond acceptors (Lipinski definition) is 3. The van der Waals surface area contributed by atoms with Gasteiger partial charge in [-0.2, -0.15) is 17.0 Å². The highest BCUT2D eigenvalue weighted by molar-refractivity contribution is 7.99. The Hall–Kier alpha value is -1.28. The van der Waals surface area contributed by atoms with Crippen molar-refractivity contribution in [1.29, 1.82) is 5.26 Å². The molecule has 1 saturated carbocycles. The fourth-order valence-electron chi connectivity index (χ4n) is 2.26. The van der Waals surface area contributed by atoms with E-state index in [9.17, 15) is 8.78 Å². The van der Waals surface area contributed by atoms with Crippen molar-refractivity contribution in [3.05, 3.63) is 29.3 Å². The second-order valence-corrected chi connectivity index (χ2v) is 5.58. The molecule has 0 heterocycles. The molecule has 96 valence electrons. The van der Waals surface area contributed by atoms with Crippen molar-refractivity contribution in [1.82, 2.24) is 0 Å². The second-order valence-electron chi connectivity index (χ2n) is 4.44. The number of benzene rings is 1. The maximum Gasteiger partial charge on any atom is 0.150 e. The van der Waals surface area contributed by atoms with E-state index in [1.54, 1.807) is 17.8 Å². The molecule has 2 unspecified atom stereocenters. The molecule has 0 saturated heterocycles. The Morgan fingerprint density at radius 2 is 2.00 bits per heavy atom. The molecular weight excluding hydrogens is 254 g/mol. The summed E-state index contributed by atoms with van der Waals surface area (Å²) in [5.74, 6) is -1.39. The van der Waals surface area contributed by atoms with Crippen molar-refractivity contribution >= 4 is 17.4 Å². The standard InChI is InChI=1S/C13H14F2N2S/c1-18-10-3-2-9(6-10)17-13-11(14)4-8(7-16)5-12(13)15/h4-5,9-10,17H,2-3,6H2,1H3. The zero-order valence-electron chi connectivity index (χ0n) is 10.0. The third kappa shape index (κ3) is 2.75. The van der Waals surface area contributed by atoms with Crippen molar-refractivity contribution in [2.24, 2.45) is 0 Å². The van der Waals surface area contributed by atoms with E-state index in [1.807, 2.05) is 0 Å². The van der Waals surface area contributed by atoms with Gasteiger partial charge in [0.05, 0.1) is 11.6 Å². The zero-order chi connectivity index (χ0) is 13.1. The summed E-state index contributed by atoms with van der Waals surface area (Å²) in [5, 5.41) is 12.1. The molecule has 1 aliphatic carbocycles. The van der Waals surface area contributed by atoms with Crippen LogP contribution >= 0.6 is 11.8 Å². The lowest BCUT2D eigenvalue weighted by Crippen LogP contribution is -2.18. The van der Waals surface area contributed by atoms with Crippen LogP contribution in [0.25, 0.3) is 0 Å². The number of nitrogens with one attached hydrogen (secondary N) is 1. The molecule has 0 amide bonds. The molecule has 2 atom stereocenters. The average molecular weight is 268 g/mol. The summed E-state index contributed by atoms with van der Waals surface area (Å²) in [5.41, 5.74) is -0.107. The summed E-state index contributed by atoms with van der Waals surface area (Å²) in [4.78, 5) is 0. The Morgan fingerprint density at radius 1 is 1.33 bits per heavy atom. The number of nitriles is 1. The molecule has 1 aliphatic rings. The highest BCUT2D eigenvalue weighted by Gasteiger charge is 2.25. The van der Waals surface area contributed by atoms with Crippen LogP contribution in [0.1, 0.15) is 24.8 Å². The van der Waals surface area contributed by atoms with Gasteiger partial charge in [-0.05, 0) is 37.7 Å². The number of thioether (sulfide) groups is 1. The van der Waals surface area contributed by atoms with Crippen molar-refractivity contribution in [2.45, 2.75) is 30.6 Å². The van der Waals surface area contributed by atoms with Gasteiger partial charge in [0.15, 0.2) is 11.6 Å². The van der Waals surface area contributed by atoms with Crippen LogP contribution in [0.2, 0.25) is 0 Å². The van der Waals surface area contributed by atoms with E-state index < -0.39 is 11.6 Å². The van der Waals surface area contributed by atoms with Crippen LogP contribution in [0.4, 0.5) is 14.5 Å². The van der Waals surface area contributed by atoms with Gasteiger partial charge in [0.2, 0.25) is 0 Å². The highest BCUT2D eigenvalue weighted by Crippen LogP contribution is 2.31. The van der Waals surface area contributed by atoms with E-state index in [1.165, 1.54) is 0 Å². The number of hydrogen-bond donors (Lipinski definition) is 1. The van der Waals surface area contributed by atoms with Crippen LogP contribution in [0, 0.1) is 23.0 Å². The molecule has 1 fully saturated rings. The summed E-state index contributed by atoms with van der Waals surface area (Å²) in [7, 11) is 0. The minimum absolute atomic E-state index is 0.00367. The van der Waals surface area contributed by atoms with Crippen molar-refractivity contribution < 1.29 is 8.78 Å². The fraction of sp³-hybridized carbons (Fsp3) is 0.462. The minimum atomic E-state index is -0.695. The SMILES string of the molecule is CSC1CCC(Nc2c(F)cc(C#N)cc2F)C1. The molecule has 0 aliphatic heterocycles. The van der Waals surface area contributed by atoms with Crippen molar-refractivity contribution in [3.8, 4) is 6.07 Å². The molecule has 0 bridgehead atoms. The second kappa shape index (κ2) is 5.57. The summed E-state index contributed by atoms with van der Waals surface area (Å²) >= 11 is 1.79. The molecular formula is C13H14F2N2S. The van der Waals surface area contributed by atoms with E-state index in [0.29, 0.717) is 5.25 Å². The molecule has 1 aromatic rings. The van der Waals surface area contributed by atoms with Gasteiger partial charge >= 0.3 is 0 Å². The zero-order valence-corrected chi connectivity index (χ0v) is 10.9. The molecule has 2 rings (SSSR count). The maximum absolute atomic E-state index is 13.7. The normalized spacial score (nSPS) is 22.8. The molecule has 0 aromatic heterocycles. The Balaban J connectivity index is 2.13. The van der Waals surface area contributed by atoms with Crippen LogP contribution < -0.4 is 5.32 Å². The topological polar surface area (TPSA) is 35.8 Å². The molecule has 0 spiro atoms. The van der Waals surface area contributed by atoms with Crippen LogP contribution in [0.3, 0.4) is 0 Å². The molecule has 1 aromatic carbocycles. The smallest absolute Gasteiger partial charge is 0.150 e. The average Bonchev–Trinajstić information content (AvgIpc) is 2.81. The van der Waals surface area contributed by atoms with Gasteiger partial charge in [0, 0.05) is 11.3 Å². The summed E-state index contributed by atoms with van der Waals surface area (Å²) < 4.78 is 27.3. The first-order chi connectivity index (χ1) is 8.63. The summed E-state index contributed by atoms with van der Waals surface area (Å²) in [6.07, 6.45) is 4.96. The van der Waals surface area contributed by atoms with Crippen molar-refractivity contribution in [3.63, 3.8) is 0 Å². The molecule has 5 heteroatoms. The largest absolute Gasteiger partial charge is 0.378 e. The molecule has 2 nitrogen and oxygen atoms in total. The monoisotopic (exact) mass is 268 g/mol. The van der Waals surface area contributed by atoms with E-state index in [0.717, 1.165) is 31.4 Å². The molecule has 1 N–H and O–H groups in total. The van der Waals surface area contributed by atoms with Crippen LogP contribution in [0.5, 0.6) is 0 Å². The van der Waals surface area contributed by atoms with Gasteiger partial charge in [-0.25, -0.2) is 8.78 Å². The maximum atomic E-state index is 13.7. The van der Waals surface area contributed by atoms with E-state index in [-0.39, 0.29) is 17.3 Å². The minimum Gasteiger partial charge on any atom is -0.378 e. The predicted molar refractivity (Wildman–Crippen MR) is 69.6 cm³/mol. The number of nitrogens with zero attached hydrogens (tertiary/aromatic N) is 1. The van der Waals surface area contributed by atoms with Gasteiger partial charge in [0.25, 0.3) is 0 Å². The third-order valence-electron chi connectivity index (χ3n) is 3.24. The van der Waals surface area contributed by atoms with E-state index >= 15 is 0 Å². The third-order valence-corrected chi connectivity index (χ3v) is 4.33. The van der Waals surface area contributed by atoms with Crippen LogP contribution in [-0.4, -0.2) is 17.5 Å². The number of anilines is 1. The predicted octanol–water partition coefficient (Wildman–Crippen LogP) is 3.53. The van der Waals surface area contributed by atoms with Gasteiger partial charge in [-0.15, -0.1) is 0 Å². The Kier molecular flexibility index (Phi) is 4.07. The van der Waals surface area contributed by atoms with Crippen molar-refractivity contribution in [2.75, 3.05) is 11.6 Å². The fourth-order valence-corrected chi connectivity index (χ4v) is 3.06. The van der Waals surface area contributed by atoms with Crippen LogP contribution in [0.15, 0.2) is 12.1 Å². The summed E-state index contributed by atoms with van der Waals surface area (Å²) in [6, 6.07) is 3.97. The first-order valence-corrected chi connectivity index (χ1v) is 7.11. The van der Waals surface area contributed by atoms with Gasteiger partial charge in [-0.1, -0.05) is 0 Å². The molecule has 0 radical (unpaired) electrons. The van der Waals surface area contributed by atoms with Gasteiger partial charge in [0.1, 0.15) is 5.69 Å². The Bertz CT molecular complexity index is 461. The first kappa shape index (κ1) is 13.2. The van der Waals surface area contributed by atoms with Crippen LogP contribution in [-0.2, 0) is 0 Å². The number of halogens is 2. The van der Waals surface area contributed by atoms with Gasteiger partial charge < -0.3 is 5.32 Å². The van der Waals surface area contributed by atoms with E-state index in [4.69, 9.17) is 5.26 Å². The quantitative estimate of drug-likeness (QED) is 0.911. The molecule has 18 heavy (non-hydrogen) atoms. The van der Waals surface area contributed by atoms with E-state index in [2.05, 4.69) is 11.6 Å².